The van der Waals surface area contributed by atoms with Crippen LogP contribution >= 0.6 is 0 Å². The van der Waals surface area contributed by atoms with Gasteiger partial charge in [0.1, 0.15) is 0 Å². The minimum absolute atomic E-state index is 0.324. The maximum atomic E-state index is 11.4. The van der Waals surface area contributed by atoms with E-state index in [1.807, 2.05) is 6.07 Å². The van der Waals surface area contributed by atoms with Gasteiger partial charge in [-0.05, 0) is 24.6 Å². The molecule has 0 spiro atoms. The predicted molar refractivity (Wildman–Crippen MR) is 76.6 cm³/mol. The van der Waals surface area contributed by atoms with Crippen molar-refractivity contribution in [1.82, 2.24) is 4.98 Å². The van der Waals surface area contributed by atoms with Gasteiger partial charge >= 0.3 is 5.63 Å². The van der Waals surface area contributed by atoms with Crippen LogP contribution in [0.2, 0.25) is 0 Å². The van der Waals surface area contributed by atoms with Crippen LogP contribution in [0.4, 0.5) is 0 Å². The van der Waals surface area contributed by atoms with E-state index in [0.717, 1.165) is 27.2 Å². The lowest BCUT2D eigenvalue weighted by atomic mass is 10.1. The molecule has 0 atom stereocenters. The Morgan fingerprint density at radius 1 is 1.00 bits per heavy atom. The summed E-state index contributed by atoms with van der Waals surface area (Å²) in [6.07, 6.45) is 0. The fourth-order valence-corrected chi connectivity index (χ4v) is 2.61. The highest BCUT2D eigenvalue weighted by molar-refractivity contribution is 6.15. The number of hydrogen-bond donors (Lipinski definition) is 1. The molecule has 0 saturated heterocycles. The number of rotatable bonds is 0. The Morgan fingerprint density at radius 2 is 1.79 bits per heavy atom. The highest BCUT2D eigenvalue weighted by atomic mass is 16.4. The second-order valence-corrected chi connectivity index (χ2v) is 4.83. The summed E-state index contributed by atoms with van der Waals surface area (Å²) in [5, 5.41) is 3.15. The van der Waals surface area contributed by atoms with Gasteiger partial charge in [0.15, 0.2) is 5.58 Å². The highest BCUT2D eigenvalue weighted by Gasteiger charge is 2.09. The number of nitrogens with one attached hydrogen (secondary N) is 1. The van der Waals surface area contributed by atoms with Gasteiger partial charge in [0.2, 0.25) is 0 Å². The first-order chi connectivity index (χ1) is 9.22. The van der Waals surface area contributed by atoms with Crippen molar-refractivity contribution in [1.29, 1.82) is 0 Å². The summed E-state index contributed by atoms with van der Waals surface area (Å²) < 4.78 is 5.35. The summed E-state index contributed by atoms with van der Waals surface area (Å²) >= 11 is 0. The summed E-state index contributed by atoms with van der Waals surface area (Å²) in [6.45, 7) is 2.06. The lowest BCUT2D eigenvalue weighted by Gasteiger charge is -1.97. The van der Waals surface area contributed by atoms with Gasteiger partial charge in [0, 0.05) is 27.7 Å². The molecule has 1 N–H and O–H groups in total. The minimum atomic E-state index is -0.324. The van der Waals surface area contributed by atoms with E-state index in [0.29, 0.717) is 5.58 Å². The van der Waals surface area contributed by atoms with Crippen LogP contribution in [0.25, 0.3) is 32.8 Å². The van der Waals surface area contributed by atoms with Crippen LogP contribution in [-0.2, 0) is 0 Å². The van der Waals surface area contributed by atoms with Gasteiger partial charge in [-0.15, -0.1) is 0 Å². The van der Waals surface area contributed by atoms with Crippen molar-refractivity contribution in [3.63, 3.8) is 0 Å². The van der Waals surface area contributed by atoms with Gasteiger partial charge in [-0.1, -0.05) is 24.3 Å². The van der Waals surface area contributed by atoms with Crippen molar-refractivity contribution in [3.05, 3.63) is 58.4 Å². The van der Waals surface area contributed by atoms with Gasteiger partial charge in [0.25, 0.3) is 0 Å². The molecule has 2 aromatic carbocycles. The predicted octanol–water partition coefficient (Wildman–Crippen LogP) is 3.74. The van der Waals surface area contributed by atoms with E-state index in [9.17, 15) is 4.79 Å². The van der Waals surface area contributed by atoms with Crippen LogP contribution in [0.15, 0.2) is 51.7 Å². The molecule has 0 aliphatic carbocycles. The molecule has 0 saturated carbocycles. The average molecular weight is 249 g/mol. The van der Waals surface area contributed by atoms with Gasteiger partial charge in [-0.3, -0.25) is 0 Å². The van der Waals surface area contributed by atoms with E-state index in [4.69, 9.17) is 4.42 Å². The lowest BCUT2D eigenvalue weighted by molar-refractivity contribution is 0.563. The molecule has 3 heteroatoms. The summed E-state index contributed by atoms with van der Waals surface area (Å²) in [5.74, 6) is 0. The smallest absolute Gasteiger partial charge is 0.336 e. The fourth-order valence-electron chi connectivity index (χ4n) is 2.61. The third-order valence-electron chi connectivity index (χ3n) is 3.51. The second kappa shape index (κ2) is 3.48. The molecule has 0 radical (unpaired) electrons. The molecular formula is C16H11NO2. The summed E-state index contributed by atoms with van der Waals surface area (Å²) in [7, 11) is 0. The Kier molecular flexibility index (Phi) is 1.90. The molecule has 4 rings (SSSR count). The third kappa shape index (κ3) is 1.41. The standard InChI is InChI=1S/C16H11NO2/c1-9-2-5-11-12-6-3-10-4-7-14(18)19-16(10)15(12)17-13(11)8-9/h2-8,17H,1H3. The van der Waals surface area contributed by atoms with Crippen LogP contribution in [0.1, 0.15) is 5.56 Å². The number of aromatic amines is 1. The molecule has 2 heterocycles. The van der Waals surface area contributed by atoms with Crippen LogP contribution in [-0.4, -0.2) is 4.98 Å². The topological polar surface area (TPSA) is 46.0 Å². The normalized spacial score (nSPS) is 11.6. The van der Waals surface area contributed by atoms with Gasteiger partial charge in [0.05, 0.1) is 5.52 Å². The number of H-pyrrole nitrogens is 1. The summed E-state index contributed by atoms with van der Waals surface area (Å²) in [4.78, 5) is 14.8. The molecule has 0 unspecified atom stereocenters. The minimum Gasteiger partial charge on any atom is -0.420 e. The number of fused-ring (bicyclic) bond motifs is 5. The monoisotopic (exact) mass is 249 g/mol. The van der Waals surface area contributed by atoms with E-state index < -0.39 is 0 Å². The van der Waals surface area contributed by atoms with Crippen LogP contribution in [0.3, 0.4) is 0 Å². The Morgan fingerprint density at radius 3 is 2.68 bits per heavy atom. The number of aromatic nitrogens is 1. The quantitative estimate of drug-likeness (QED) is 0.482. The zero-order chi connectivity index (χ0) is 13.0. The SMILES string of the molecule is Cc1ccc2c(c1)[nH]c1c2ccc2ccc(=O)oc21. The van der Waals surface area contributed by atoms with Crippen LogP contribution in [0, 0.1) is 6.92 Å². The zero-order valence-electron chi connectivity index (χ0n) is 10.4. The highest BCUT2D eigenvalue weighted by Crippen LogP contribution is 2.30. The molecule has 3 nitrogen and oxygen atoms in total. The Hall–Kier alpha value is -2.55. The molecule has 2 aromatic heterocycles. The molecule has 0 aliphatic rings. The van der Waals surface area contributed by atoms with Crippen molar-refractivity contribution in [3.8, 4) is 0 Å². The molecule has 0 bridgehead atoms. The largest absolute Gasteiger partial charge is 0.420 e. The Balaban J connectivity index is 2.30. The van der Waals surface area contributed by atoms with Gasteiger partial charge in [-0.25, -0.2) is 4.79 Å². The van der Waals surface area contributed by atoms with E-state index >= 15 is 0 Å². The van der Waals surface area contributed by atoms with Crippen molar-refractivity contribution >= 4 is 32.8 Å². The van der Waals surface area contributed by atoms with Crippen molar-refractivity contribution in [2.45, 2.75) is 6.92 Å². The van der Waals surface area contributed by atoms with E-state index in [2.05, 4.69) is 36.2 Å². The first-order valence-corrected chi connectivity index (χ1v) is 6.17. The Labute approximate surface area is 108 Å². The first-order valence-electron chi connectivity index (χ1n) is 6.17. The Bertz CT molecular complexity index is 992. The molecule has 19 heavy (non-hydrogen) atoms. The molecule has 92 valence electrons. The van der Waals surface area contributed by atoms with Crippen molar-refractivity contribution in [2.24, 2.45) is 0 Å². The number of hydrogen-bond acceptors (Lipinski definition) is 2. The average Bonchev–Trinajstić information content (AvgIpc) is 2.76. The third-order valence-corrected chi connectivity index (χ3v) is 3.51. The van der Waals surface area contributed by atoms with E-state index in [-0.39, 0.29) is 5.63 Å². The first kappa shape index (κ1) is 10.4. The fraction of sp³-hybridized carbons (Fsp3) is 0.0625. The number of benzene rings is 2. The van der Waals surface area contributed by atoms with Gasteiger partial charge in [-0.2, -0.15) is 0 Å². The van der Waals surface area contributed by atoms with Crippen LogP contribution < -0.4 is 5.63 Å². The molecular weight excluding hydrogens is 238 g/mol. The molecule has 0 fully saturated rings. The van der Waals surface area contributed by atoms with Crippen molar-refractivity contribution in [2.75, 3.05) is 0 Å². The maximum absolute atomic E-state index is 11.4. The molecule has 0 aliphatic heterocycles. The molecule has 0 amide bonds. The van der Waals surface area contributed by atoms with Crippen LogP contribution in [0.5, 0.6) is 0 Å². The van der Waals surface area contributed by atoms with Crippen molar-refractivity contribution < 1.29 is 4.42 Å². The van der Waals surface area contributed by atoms with Gasteiger partial charge < -0.3 is 9.40 Å². The van der Waals surface area contributed by atoms with E-state index in [1.165, 1.54) is 11.6 Å². The number of aryl methyl sites for hydroxylation is 1. The maximum Gasteiger partial charge on any atom is 0.336 e. The second-order valence-electron chi connectivity index (χ2n) is 4.83. The zero-order valence-corrected chi connectivity index (χ0v) is 10.4. The van der Waals surface area contributed by atoms with E-state index in [1.54, 1.807) is 6.07 Å². The summed E-state index contributed by atoms with van der Waals surface area (Å²) in [5.41, 5.74) is 3.45. The molecule has 4 aromatic rings. The summed E-state index contributed by atoms with van der Waals surface area (Å²) in [6, 6.07) is 13.6. The lowest BCUT2D eigenvalue weighted by Crippen LogP contribution is -1.94.